The number of carbonyl (C=O) groups excluding carboxylic acids is 1. The largest absolute Gasteiger partial charge is 0.462 e. The number of benzene rings is 1. The van der Waals surface area contributed by atoms with Crippen molar-refractivity contribution in [2.45, 2.75) is 6.92 Å². The lowest BCUT2D eigenvalue weighted by molar-refractivity contribution is -0.384. The maximum atomic E-state index is 11.6. The van der Waals surface area contributed by atoms with Crippen LogP contribution < -0.4 is 0 Å². The molecule has 0 bridgehead atoms. The van der Waals surface area contributed by atoms with Gasteiger partial charge in [0.2, 0.25) is 0 Å². The van der Waals surface area contributed by atoms with Crippen LogP contribution in [0.4, 0.5) is 5.69 Å². The summed E-state index contributed by atoms with van der Waals surface area (Å²) in [6.07, 6.45) is 2.93. The average molecular weight is 387 g/mol. The predicted molar refractivity (Wildman–Crippen MR) is 78.9 cm³/mol. The van der Waals surface area contributed by atoms with Crippen LogP contribution in [0, 0.1) is 13.7 Å². The number of non-ortho nitro benzene ring substituents is 1. The van der Waals surface area contributed by atoms with Crippen molar-refractivity contribution in [3.8, 4) is 5.69 Å². The Morgan fingerprint density at radius 2 is 2.30 bits per heavy atom. The van der Waals surface area contributed by atoms with Crippen LogP contribution in [0.15, 0.2) is 30.6 Å². The van der Waals surface area contributed by atoms with Crippen LogP contribution >= 0.6 is 22.6 Å². The molecular weight excluding hydrogens is 377 g/mol. The first-order valence-electron chi connectivity index (χ1n) is 5.69. The van der Waals surface area contributed by atoms with Gasteiger partial charge in [0.25, 0.3) is 5.69 Å². The maximum Gasteiger partial charge on any atom is 0.341 e. The van der Waals surface area contributed by atoms with E-state index in [1.54, 1.807) is 13.0 Å². The molecule has 0 radical (unpaired) electrons. The number of nitro groups is 1. The molecule has 1 heterocycles. The summed E-state index contributed by atoms with van der Waals surface area (Å²) in [5.74, 6) is -0.448. The molecule has 2 aromatic rings. The highest BCUT2D eigenvalue weighted by Crippen LogP contribution is 2.22. The highest BCUT2D eigenvalue weighted by molar-refractivity contribution is 14.1. The van der Waals surface area contributed by atoms with Crippen molar-refractivity contribution in [1.82, 2.24) is 9.78 Å². The molecule has 0 aliphatic heterocycles. The molecule has 20 heavy (non-hydrogen) atoms. The van der Waals surface area contributed by atoms with Gasteiger partial charge in [0, 0.05) is 21.9 Å². The molecule has 0 N–H and O–H groups in total. The molecule has 0 unspecified atom stereocenters. The number of hydrogen-bond acceptors (Lipinski definition) is 5. The second-order valence-electron chi connectivity index (χ2n) is 3.79. The van der Waals surface area contributed by atoms with Gasteiger partial charge < -0.3 is 4.74 Å². The van der Waals surface area contributed by atoms with Gasteiger partial charge in [0.15, 0.2) is 0 Å². The van der Waals surface area contributed by atoms with Gasteiger partial charge in [-0.25, -0.2) is 9.48 Å². The molecule has 8 heteroatoms. The van der Waals surface area contributed by atoms with Crippen LogP contribution in [0.5, 0.6) is 0 Å². The van der Waals surface area contributed by atoms with Gasteiger partial charge in [0.1, 0.15) is 0 Å². The van der Waals surface area contributed by atoms with Crippen LogP contribution in [0.25, 0.3) is 5.69 Å². The zero-order valence-corrected chi connectivity index (χ0v) is 12.6. The van der Waals surface area contributed by atoms with Crippen molar-refractivity contribution in [3.63, 3.8) is 0 Å². The predicted octanol–water partition coefficient (Wildman–Crippen LogP) is 2.56. The summed E-state index contributed by atoms with van der Waals surface area (Å²) in [6.45, 7) is 2.01. The van der Waals surface area contributed by atoms with Gasteiger partial charge in [-0.15, -0.1) is 0 Å². The molecule has 0 saturated carbocycles. The fourth-order valence-electron chi connectivity index (χ4n) is 1.57. The van der Waals surface area contributed by atoms with E-state index in [0.717, 1.165) is 0 Å². The molecule has 0 fully saturated rings. The lowest BCUT2D eigenvalue weighted by Gasteiger charge is -2.04. The molecule has 104 valence electrons. The van der Waals surface area contributed by atoms with Gasteiger partial charge >= 0.3 is 5.97 Å². The summed E-state index contributed by atoms with van der Waals surface area (Å²) < 4.78 is 7.02. The Labute approximate surface area is 127 Å². The van der Waals surface area contributed by atoms with Gasteiger partial charge in [0.05, 0.1) is 29.0 Å². The normalized spacial score (nSPS) is 10.3. The van der Waals surface area contributed by atoms with E-state index in [4.69, 9.17) is 4.74 Å². The Kier molecular flexibility index (Phi) is 4.32. The van der Waals surface area contributed by atoms with Crippen LogP contribution in [-0.2, 0) is 4.74 Å². The van der Waals surface area contributed by atoms with E-state index in [1.807, 2.05) is 22.6 Å². The molecule has 1 aromatic carbocycles. The number of esters is 1. The summed E-state index contributed by atoms with van der Waals surface area (Å²) in [5, 5.41) is 14.8. The number of halogens is 1. The number of nitro benzene ring substituents is 1. The van der Waals surface area contributed by atoms with Crippen molar-refractivity contribution in [3.05, 3.63) is 49.8 Å². The van der Waals surface area contributed by atoms with E-state index in [9.17, 15) is 14.9 Å². The molecule has 0 aliphatic rings. The van der Waals surface area contributed by atoms with E-state index in [2.05, 4.69) is 5.10 Å². The van der Waals surface area contributed by atoms with Gasteiger partial charge in [-0.05, 0) is 35.6 Å². The number of nitrogens with zero attached hydrogens (tertiary/aromatic N) is 3. The Morgan fingerprint density at radius 1 is 1.55 bits per heavy atom. The number of rotatable bonds is 4. The second-order valence-corrected chi connectivity index (χ2v) is 4.95. The van der Waals surface area contributed by atoms with Crippen LogP contribution in [0.3, 0.4) is 0 Å². The Balaban J connectivity index is 2.33. The summed E-state index contributed by atoms with van der Waals surface area (Å²) in [5.41, 5.74) is 1.00. The molecule has 1 aromatic heterocycles. The average Bonchev–Trinajstić information content (AvgIpc) is 2.88. The Bertz CT molecular complexity index is 668. The zero-order chi connectivity index (χ0) is 14.7. The number of carbonyl (C=O) groups is 1. The molecule has 0 spiro atoms. The quantitative estimate of drug-likeness (QED) is 0.348. The van der Waals surface area contributed by atoms with Gasteiger partial charge in [-0.1, -0.05) is 0 Å². The summed E-state index contributed by atoms with van der Waals surface area (Å²) in [7, 11) is 0. The third kappa shape index (κ3) is 2.95. The van der Waals surface area contributed by atoms with E-state index in [-0.39, 0.29) is 5.69 Å². The van der Waals surface area contributed by atoms with E-state index < -0.39 is 10.9 Å². The SMILES string of the molecule is CCOC(=O)c1cnn(-c2ccc([N+](=O)[O-])cc2I)c1. The van der Waals surface area contributed by atoms with Crippen molar-refractivity contribution in [2.24, 2.45) is 0 Å². The molecule has 2 rings (SSSR count). The van der Waals surface area contributed by atoms with Crippen LogP contribution in [-0.4, -0.2) is 27.3 Å². The second kappa shape index (κ2) is 5.99. The number of hydrogen-bond donors (Lipinski definition) is 0. The number of ether oxygens (including phenoxy) is 1. The first-order valence-corrected chi connectivity index (χ1v) is 6.77. The van der Waals surface area contributed by atoms with Crippen molar-refractivity contribution in [2.75, 3.05) is 6.61 Å². The third-order valence-corrected chi connectivity index (χ3v) is 3.35. The van der Waals surface area contributed by atoms with E-state index in [0.29, 0.717) is 21.4 Å². The molecule has 7 nitrogen and oxygen atoms in total. The summed E-state index contributed by atoms with van der Waals surface area (Å²) in [6, 6.07) is 4.42. The van der Waals surface area contributed by atoms with Crippen molar-refractivity contribution < 1.29 is 14.5 Å². The standard InChI is InChI=1S/C12H10IN3O4/c1-2-20-12(17)8-6-14-15(7-8)11-4-3-9(16(18)19)5-10(11)13/h3-7H,2H2,1H3. The first kappa shape index (κ1) is 14.4. The lowest BCUT2D eigenvalue weighted by atomic mass is 10.3. The maximum absolute atomic E-state index is 11.6. The minimum atomic E-state index is -0.459. The molecule has 0 saturated heterocycles. The van der Waals surface area contributed by atoms with Crippen LogP contribution in [0.2, 0.25) is 0 Å². The highest BCUT2D eigenvalue weighted by Gasteiger charge is 2.14. The monoisotopic (exact) mass is 387 g/mol. The van der Waals surface area contributed by atoms with Crippen LogP contribution in [0.1, 0.15) is 17.3 Å². The summed E-state index contributed by atoms with van der Waals surface area (Å²) in [4.78, 5) is 21.8. The van der Waals surface area contributed by atoms with Gasteiger partial charge in [-0.3, -0.25) is 10.1 Å². The smallest absolute Gasteiger partial charge is 0.341 e. The van der Waals surface area contributed by atoms with E-state index in [1.165, 1.54) is 29.2 Å². The zero-order valence-electron chi connectivity index (χ0n) is 10.4. The van der Waals surface area contributed by atoms with E-state index >= 15 is 0 Å². The Morgan fingerprint density at radius 3 is 2.90 bits per heavy atom. The molecule has 0 aliphatic carbocycles. The molecule has 0 atom stereocenters. The molecular formula is C12H10IN3O4. The molecule has 0 amide bonds. The lowest BCUT2D eigenvalue weighted by Crippen LogP contribution is -2.03. The van der Waals surface area contributed by atoms with Crippen molar-refractivity contribution >= 4 is 34.2 Å². The topological polar surface area (TPSA) is 87.3 Å². The summed E-state index contributed by atoms with van der Waals surface area (Å²) >= 11 is 1.98. The highest BCUT2D eigenvalue weighted by atomic mass is 127. The van der Waals surface area contributed by atoms with Gasteiger partial charge in [-0.2, -0.15) is 5.10 Å². The first-order chi connectivity index (χ1) is 9.52. The Hall–Kier alpha value is -1.97. The third-order valence-electron chi connectivity index (χ3n) is 2.48. The minimum Gasteiger partial charge on any atom is -0.462 e. The fourth-order valence-corrected chi connectivity index (χ4v) is 2.32. The fraction of sp³-hybridized carbons (Fsp3) is 0.167. The minimum absolute atomic E-state index is 0.0101. The van der Waals surface area contributed by atoms with Crippen molar-refractivity contribution in [1.29, 1.82) is 0 Å². The number of aromatic nitrogens is 2.